The number of benzene rings is 2. The van der Waals surface area contributed by atoms with Crippen LogP contribution in [0.15, 0.2) is 60.9 Å². The molecule has 0 fully saturated rings. The van der Waals surface area contributed by atoms with Crippen molar-refractivity contribution >= 4 is 35.6 Å². The van der Waals surface area contributed by atoms with Gasteiger partial charge in [-0.05, 0) is 54.4 Å². The van der Waals surface area contributed by atoms with E-state index in [2.05, 4.69) is 10.3 Å². The predicted molar refractivity (Wildman–Crippen MR) is 120 cm³/mol. The van der Waals surface area contributed by atoms with E-state index < -0.39 is 0 Å². The van der Waals surface area contributed by atoms with Crippen molar-refractivity contribution in [1.29, 1.82) is 0 Å². The number of rotatable bonds is 9. The van der Waals surface area contributed by atoms with Gasteiger partial charge in [-0.3, -0.25) is 4.98 Å². The lowest BCUT2D eigenvalue weighted by Gasteiger charge is -2.14. The Labute approximate surface area is 187 Å². The maximum absolute atomic E-state index is 6.22. The molecule has 0 radical (unpaired) electrons. The molecule has 3 aromatic rings. The highest BCUT2D eigenvalue weighted by Gasteiger charge is 2.09. The number of hydrogen-bond acceptors (Lipinski definition) is 4. The summed E-state index contributed by atoms with van der Waals surface area (Å²) in [5.41, 5.74) is 3.19. The second-order valence-electron chi connectivity index (χ2n) is 6.20. The number of aromatic nitrogens is 1. The Hall–Kier alpha value is -1.98. The quantitative estimate of drug-likeness (QED) is 0.426. The number of hydrogen-bond donors (Lipinski definition) is 1. The summed E-state index contributed by atoms with van der Waals surface area (Å²) in [4.78, 5) is 4.03. The van der Waals surface area contributed by atoms with Crippen LogP contribution in [0.3, 0.4) is 0 Å². The molecule has 29 heavy (non-hydrogen) atoms. The second-order valence-corrected chi connectivity index (χ2v) is 7.04. The SMILES string of the molecule is CCOc1cc(CNCc2ccncc2)ccc1OCc1ccc(Cl)cc1Cl.Cl. The molecule has 3 rings (SSSR count). The number of ether oxygens (including phenoxy) is 2. The molecule has 0 atom stereocenters. The van der Waals surface area contributed by atoms with E-state index in [0.717, 1.165) is 30.0 Å². The Morgan fingerprint density at radius 3 is 2.34 bits per heavy atom. The molecule has 7 heteroatoms. The van der Waals surface area contributed by atoms with E-state index in [0.29, 0.717) is 29.0 Å². The van der Waals surface area contributed by atoms with E-state index in [1.807, 2.05) is 43.3 Å². The van der Waals surface area contributed by atoms with E-state index in [1.165, 1.54) is 5.56 Å². The summed E-state index contributed by atoms with van der Waals surface area (Å²) in [7, 11) is 0. The molecule has 1 aromatic heterocycles. The molecule has 1 heterocycles. The fourth-order valence-electron chi connectivity index (χ4n) is 2.70. The van der Waals surface area contributed by atoms with Crippen molar-refractivity contribution in [2.75, 3.05) is 6.61 Å². The molecule has 1 N–H and O–H groups in total. The van der Waals surface area contributed by atoms with E-state index in [4.69, 9.17) is 32.7 Å². The highest BCUT2D eigenvalue weighted by Crippen LogP contribution is 2.30. The fraction of sp³-hybridized carbons (Fsp3) is 0.227. The largest absolute Gasteiger partial charge is 0.490 e. The first-order chi connectivity index (χ1) is 13.7. The molecular formula is C22H23Cl3N2O2. The molecule has 0 saturated carbocycles. The molecule has 0 spiro atoms. The lowest BCUT2D eigenvalue weighted by Crippen LogP contribution is -2.13. The van der Waals surface area contributed by atoms with Gasteiger partial charge in [-0.15, -0.1) is 12.4 Å². The first kappa shape index (κ1) is 23.3. The molecule has 0 bridgehead atoms. The van der Waals surface area contributed by atoms with Gasteiger partial charge in [0.1, 0.15) is 6.61 Å². The normalized spacial score (nSPS) is 10.3. The number of nitrogens with zero attached hydrogens (tertiary/aromatic N) is 1. The second kappa shape index (κ2) is 11.9. The van der Waals surface area contributed by atoms with Crippen LogP contribution in [0.2, 0.25) is 10.0 Å². The third-order valence-corrected chi connectivity index (χ3v) is 4.70. The first-order valence-electron chi connectivity index (χ1n) is 9.07. The van der Waals surface area contributed by atoms with Crippen molar-refractivity contribution in [3.63, 3.8) is 0 Å². The predicted octanol–water partition coefficient (Wildman–Crippen LogP) is 6.08. The van der Waals surface area contributed by atoms with Gasteiger partial charge in [0, 0.05) is 41.1 Å². The summed E-state index contributed by atoms with van der Waals surface area (Å²) < 4.78 is 11.7. The van der Waals surface area contributed by atoms with Gasteiger partial charge in [0.2, 0.25) is 0 Å². The van der Waals surface area contributed by atoms with Gasteiger partial charge >= 0.3 is 0 Å². The number of nitrogens with one attached hydrogen (secondary N) is 1. The van der Waals surface area contributed by atoms with Crippen molar-refractivity contribution < 1.29 is 9.47 Å². The van der Waals surface area contributed by atoms with Crippen LogP contribution in [0.1, 0.15) is 23.6 Å². The van der Waals surface area contributed by atoms with Crippen LogP contribution in [-0.2, 0) is 19.7 Å². The van der Waals surface area contributed by atoms with Gasteiger partial charge in [-0.2, -0.15) is 0 Å². The van der Waals surface area contributed by atoms with Crippen molar-refractivity contribution in [3.8, 4) is 11.5 Å². The Bertz CT molecular complexity index is 908. The fourth-order valence-corrected chi connectivity index (χ4v) is 3.16. The Balaban J connectivity index is 0.00000300. The minimum absolute atomic E-state index is 0. The molecule has 2 aromatic carbocycles. The first-order valence-corrected chi connectivity index (χ1v) is 9.83. The summed E-state index contributed by atoms with van der Waals surface area (Å²) in [5.74, 6) is 1.40. The van der Waals surface area contributed by atoms with E-state index in [9.17, 15) is 0 Å². The molecular weight excluding hydrogens is 431 g/mol. The zero-order chi connectivity index (χ0) is 19.8. The lowest BCUT2D eigenvalue weighted by atomic mass is 10.2. The number of halogens is 3. The standard InChI is InChI=1S/C22H22Cl2N2O2.ClH/c1-2-27-22-11-17(14-26-13-16-7-9-25-10-8-16)3-6-21(22)28-15-18-4-5-19(23)12-20(18)24;/h3-12,26H,2,13-15H2,1H3;1H. The number of pyridine rings is 1. The molecule has 0 aliphatic rings. The van der Waals surface area contributed by atoms with E-state index in [-0.39, 0.29) is 12.4 Å². The Morgan fingerprint density at radius 1 is 0.862 bits per heavy atom. The maximum Gasteiger partial charge on any atom is 0.161 e. The van der Waals surface area contributed by atoms with Gasteiger partial charge in [0.05, 0.1) is 6.61 Å². The monoisotopic (exact) mass is 452 g/mol. The highest BCUT2D eigenvalue weighted by atomic mass is 35.5. The van der Waals surface area contributed by atoms with Crippen LogP contribution < -0.4 is 14.8 Å². The van der Waals surface area contributed by atoms with Gasteiger partial charge in [0.15, 0.2) is 11.5 Å². The molecule has 4 nitrogen and oxygen atoms in total. The summed E-state index contributed by atoms with van der Waals surface area (Å²) in [5, 5.41) is 4.61. The molecule has 0 unspecified atom stereocenters. The molecule has 0 aliphatic carbocycles. The zero-order valence-electron chi connectivity index (χ0n) is 16.0. The van der Waals surface area contributed by atoms with Crippen LogP contribution in [0.4, 0.5) is 0 Å². The van der Waals surface area contributed by atoms with Gasteiger partial charge in [-0.25, -0.2) is 0 Å². The maximum atomic E-state index is 6.22. The molecule has 0 aliphatic heterocycles. The summed E-state index contributed by atoms with van der Waals surface area (Å²) in [6.45, 7) is 4.36. The smallest absolute Gasteiger partial charge is 0.161 e. The van der Waals surface area contributed by atoms with Crippen LogP contribution in [0, 0.1) is 0 Å². The highest BCUT2D eigenvalue weighted by molar-refractivity contribution is 6.35. The van der Waals surface area contributed by atoms with E-state index in [1.54, 1.807) is 24.5 Å². The third kappa shape index (κ3) is 7.09. The van der Waals surface area contributed by atoms with E-state index >= 15 is 0 Å². The zero-order valence-corrected chi connectivity index (χ0v) is 18.4. The van der Waals surface area contributed by atoms with Crippen molar-refractivity contribution in [2.45, 2.75) is 26.6 Å². The summed E-state index contributed by atoms with van der Waals surface area (Å²) in [6.07, 6.45) is 3.59. The van der Waals surface area contributed by atoms with Crippen molar-refractivity contribution in [1.82, 2.24) is 10.3 Å². The van der Waals surface area contributed by atoms with Crippen LogP contribution >= 0.6 is 35.6 Å². The molecule has 0 amide bonds. The van der Waals surface area contributed by atoms with Crippen molar-refractivity contribution in [3.05, 3.63) is 87.7 Å². The minimum atomic E-state index is 0. The van der Waals surface area contributed by atoms with Crippen LogP contribution in [-0.4, -0.2) is 11.6 Å². The lowest BCUT2D eigenvalue weighted by molar-refractivity contribution is 0.269. The average molecular weight is 454 g/mol. The average Bonchev–Trinajstić information content (AvgIpc) is 2.69. The van der Waals surface area contributed by atoms with Crippen LogP contribution in [0.5, 0.6) is 11.5 Å². The van der Waals surface area contributed by atoms with Crippen molar-refractivity contribution in [2.24, 2.45) is 0 Å². The minimum Gasteiger partial charge on any atom is -0.490 e. The third-order valence-electron chi connectivity index (χ3n) is 4.11. The molecule has 0 saturated heterocycles. The van der Waals surface area contributed by atoms with Crippen LogP contribution in [0.25, 0.3) is 0 Å². The Morgan fingerprint density at radius 2 is 1.62 bits per heavy atom. The van der Waals surface area contributed by atoms with Gasteiger partial charge < -0.3 is 14.8 Å². The Kier molecular flexibility index (Phi) is 9.55. The molecule has 154 valence electrons. The topological polar surface area (TPSA) is 43.4 Å². The summed E-state index contributed by atoms with van der Waals surface area (Å²) >= 11 is 12.2. The van der Waals surface area contributed by atoms with Gasteiger partial charge in [-0.1, -0.05) is 35.3 Å². The summed E-state index contributed by atoms with van der Waals surface area (Å²) in [6, 6.07) is 15.3. The van der Waals surface area contributed by atoms with Gasteiger partial charge in [0.25, 0.3) is 0 Å².